The first-order valence-electron chi connectivity index (χ1n) is 8.34. The molecule has 25 heavy (non-hydrogen) atoms. The molecule has 0 unspecified atom stereocenters. The quantitative estimate of drug-likeness (QED) is 0.792. The molecule has 1 heterocycles. The fourth-order valence-electron chi connectivity index (χ4n) is 2.94. The van der Waals surface area contributed by atoms with Crippen LogP contribution in [0.1, 0.15) is 25.7 Å². The van der Waals surface area contributed by atoms with Crippen molar-refractivity contribution in [2.45, 2.75) is 43.2 Å². The van der Waals surface area contributed by atoms with E-state index in [0.29, 0.717) is 32.0 Å². The first-order valence-corrected chi connectivity index (χ1v) is 9.78. The largest absolute Gasteiger partial charge is 0.432 e. The van der Waals surface area contributed by atoms with Crippen molar-refractivity contribution in [2.24, 2.45) is 5.92 Å². The standard InChI is InChI=1S/C16H21F3N2O3S/c17-14-9-13(3-4-15(14)24-16(18)19)25(22,23)21-7-5-12(6-8-21)20-10-11-1-2-11/h3-4,9,11-12,16,20H,1-2,5-8,10H2. The van der Waals surface area contributed by atoms with Gasteiger partial charge in [-0.05, 0) is 56.3 Å². The number of hydrogen-bond acceptors (Lipinski definition) is 4. The van der Waals surface area contributed by atoms with Gasteiger partial charge in [0.2, 0.25) is 10.0 Å². The fraction of sp³-hybridized carbons (Fsp3) is 0.625. The number of piperidine rings is 1. The molecule has 0 aromatic heterocycles. The van der Waals surface area contributed by atoms with Gasteiger partial charge in [0.25, 0.3) is 0 Å². The molecule has 1 aromatic rings. The Morgan fingerprint density at radius 1 is 1.20 bits per heavy atom. The first-order chi connectivity index (χ1) is 11.9. The molecule has 140 valence electrons. The van der Waals surface area contributed by atoms with Gasteiger partial charge in [0.15, 0.2) is 11.6 Å². The third-order valence-electron chi connectivity index (χ3n) is 4.60. The molecule has 0 amide bonds. The number of sulfonamides is 1. The van der Waals surface area contributed by atoms with E-state index in [9.17, 15) is 21.6 Å². The second-order valence-electron chi connectivity index (χ2n) is 6.50. The van der Waals surface area contributed by atoms with Gasteiger partial charge in [0.1, 0.15) is 0 Å². The van der Waals surface area contributed by atoms with Crippen LogP contribution in [0.2, 0.25) is 0 Å². The van der Waals surface area contributed by atoms with E-state index in [-0.39, 0.29) is 4.90 Å². The summed E-state index contributed by atoms with van der Waals surface area (Å²) in [6, 6.07) is 3.03. The van der Waals surface area contributed by atoms with E-state index in [0.717, 1.165) is 30.7 Å². The Morgan fingerprint density at radius 3 is 2.44 bits per heavy atom. The Labute approximate surface area is 145 Å². The van der Waals surface area contributed by atoms with Crippen molar-refractivity contribution in [3.05, 3.63) is 24.0 Å². The van der Waals surface area contributed by atoms with Gasteiger partial charge >= 0.3 is 6.61 Å². The van der Waals surface area contributed by atoms with Crippen LogP contribution in [0.5, 0.6) is 5.75 Å². The number of ether oxygens (including phenoxy) is 1. The SMILES string of the molecule is O=S(=O)(c1ccc(OC(F)F)c(F)c1)N1CCC(NCC2CC2)CC1. The van der Waals surface area contributed by atoms with Crippen LogP contribution in [0.4, 0.5) is 13.2 Å². The molecule has 0 bridgehead atoms. The number of hydrogen-bond donors (Lipinski definition) is 1. The van der Waals surface area contributed by atoms with Crippen LogP contribution in [-0.2, 0) is 10.0 Å². The lowest BCUT2D eigenvalue weighted by molar-refractivity contribution is -0.0522. The summed E-state index contributed by atoms with van der Waals surface area (Å²) in [6.45, 7) is -1.49. The van der Waals surface area contributed by atoms with Gasteiger partial charge in [-0.2, -0.15) is 13.1 Å². The predicted octanol–water partition coefficient (Wildman–Crippen LogP) is 2.58. The number of rotatable bonds is 7. The smallest absolute Gasteiger partial charge is 0.387 e. The van der Waals surface area contributed by atoms with E-state index in [1.807, 2.05) is 0 Å². The van der Waals surface area contributed by atoms with Gasteiger partial charge in [-0.15, -0.1) is 0 Å². The average Bonchev–Trinajstić information content (AvgIpc) is 3.39. The maximum Gasteiger partial charge on any atom is 0.387 e. The molecule has 0 spiro atoms. The van der Waals surface area contributed by atoms with Crippen molar-refractivity contribution < 1.29 is 26.3 Å². The van der Waals surface area contributed by atoms with Crippen LogP contribution in [0, 0.1) is 11.7 Å². The normalized spacial score (nSPS) is 20.2. The molecule has 1 N–H and O–H groups in total. The van der Waals surface area contributed by atoms with Gasteiger partial charge < -0.3 is 10.1 Å². The Morgan fingerprint density at radius 2 is 1.88 bits per heavy atom. The third kappa shape index (κ3) is 4.65. The zero-order valence-corrected chi connectivity index (χ0v) is 14.4. The second kappa shape index (κ2) is 7.51. The van der Waals surface area contributed by atoms with Crippen LogP contribution >= 0.6 is 0 Å². The second-order valence-corrected chi connectivity index (χ2v) is 8.44. The molecular formula is C16H21F3N2O3S. The molecule has 1 saturated heterocycles. The van der Waals surface area contributed by atoms with Crippen molar-refractivity contribution in [3.63, 3.8) is 0 Å². The van der Waals surface area contributed by atoms with Gasteiger partial charge in [-0.25, -0.2) is 12.8 Å². The molecule has 2 aliphatic rings. The molecule has 0 radical (unpaired) electrons. The predicted molar refractivity (Wildman–Crippen MR) is 85.5 cm³/mol. The third-order valence-corrected chi connectivity index (χ3v) is 6.50. The number of nitrogens with one attached hydrogen (secondary N) is 1. The average molecular weight is 378 g/mol. The lowest BCUT2D eigenvalue weighted by Gasteiger charge is -2.31. The van der Waals surface area contributed by atoms with Crippen LogP contribution in [0.3, 0.4) is 0 Å². The van der Waals surface area contributed by atoms with Crippen molar-refractivity contribution in [2.75, 3.05) is 19.6 Å². The summed E-state index contributed by atoms with van der Waals surface area (Å²) in [4.78, 5) is -0.254. The highest BCUT2D eigenvalue weighted by Crippen LogP contribution is 2.29. The number of benzene rings is 1. The molecule has 2 fully saturated rings. The van der Waals surface area contributed by atoms with Gasteiger partial charge in [-0.3, -0.25) is 0 Å². The Hall–Kier alpha value is -1.32. The summed E-state index contributed by atoms with van der Waals surface area (Å²) >= 11 is 0. The molecule has 9 heteroatoms. The minimum Gasteiger partial charge on any atom is -0.432 e. The van der Waals surface area contributed by atoms with E-state index in [1.54, 1.807) is 0 Å². The van der Waals surface area contributed by atoms with Crippen molar-refractivity contribution in [1.82, 2.24) is 9.62 Å². The van der Waals surface area contributed by atoms with Gasteiger partial charge in [0, 0.05) is 19.1 Å². The highest BCUT2D eigenvalue weighted by Gasteiger charge is 2.31. The summed E-state index contributed by atoms with van der Waals surface area (Å²) in [7, 11) is -3.85. The molecule has 3 rings (SSSR count). The van der Waals surface area contributed by atoms with E-state index in [2.05, 4.69) is 10.1 Å². The van der Waals surface area contributed by atoms with E-state index in [4.69, 9.17) is 0 Å². The summed E-state index contributed by atoms with van der Waals surface area (Å²) in [5.41, 5.74) is 0. The molecule has 1 aliphatic carbocycles. The lowest BCUT2D eigenvalue weighted by atomic mass is 10.1. The summed E-state index contributed by atoms with van der Waals surface area (Å²) in [6.07, 6.45) is 3.91. The first kappa shape index (κ1) is 18.5. The Balaban J connectivity index is 1.62. The van der Waals surface area contributed by atoms with Crippen LogP contribution in [-0.4, -0.2) is 45.0 Å². The van der Waals surface area contributed by atoms with E-state index in [1.165, 1.54) is 17.1 Å². The molecule has 5 nitrogen and oxygen atoms in total. The summed E-state index contributed by atoms with van der Waals surface area (Å²) < 4.78 is 68.6. The molecule has 0 atom stereocenters. The molecular weight excluding hydrogens is 357 g/mol. The Bertz CT molecular complexity index is 703. The molecule has 1 aromatic carbocycles. The monoisotopic (exact) mass is 378 g/mol. The van der Waals surface area contributed by atoms with E-state index < -0.39 is 28.2 Å². The summed E-state index contributed by atoms with van der Waals surface area (Å²) in [5, 5.41) is 3.46. The topological polar surface area (TPSA) is 58.6 Å². The van der Waals surface area contributed by atoms with Crippen molar-refractivity contribution >= 4 is 10.0 Å². The highest BCUT2D eigenvalue weighted by atomic mass is 32.2. The fourth-order valence-corrected chi connectivity index (χ4v) is 4.42. The zero-order chi connectivity index (χ0) is 18.0. The maximum atomic E-state index is 13.8. The lowest BCUT2D eigenvalue weighted by Crippen LogP contribution is -2.45. The number of halogens is 3. The van der Waals surface area contributed by atoms with Crippen LogP contribution < -0.4 is 10.1 Å². The minimum absolute atomic E-state index is 0.254. The van der Waals surface area contributed by atoms with E-state index >= 15 is 0 Å². The minimum atomic E-state index is -3.85. The van der Waals surface area contributed by atoms with Crippen molar-refractivity contribution in [3.8, 4) is 5.75 Å². The van der Waals surface area contributed by atoms with Crippen LogP contribution in [0.25, 0.3) is 0 Å². The number of alkyl halides is 2. The zero-order valence-electron chi connectivity index (χ0n) is 13.6. The molecule has 1 aliphatic heterocycles. The van der Waals surface area contributed by atoms with Crippen LogP contribution in [0.15, 0.2) is 23.1 Å². The molecule has 1 saturated carbocycles. The Kier molecular flexibility index (Phi) is 5.55. The maximum absolute atomic E-state index is 13.8. The summed E-state index contributed by atoms with van der Waals surface area (Å²) in [5.74, 6) is -1.03. The number of nitrogens with zero attached hydrogens (tertiary/aromatic N) is 1. The van der Waals surface area contributed by atoms with Gasteiger partial charge in [0.05, 0.1) is 4.90 Å². The van der Waals surface area contributed by atoms with Gasteiger partial charge in [-0.1, -0.05) is 0 Å². The van der Waals surface area contributed by atoms with Crippen molar-refractivity contribution in [1.29, 1.82) is 0 Å². The highest BCUT2D eigenvalue weighted by molar-refractivity contribution is 7.89.